The number of ether oxygens (including phenoxy) is 1. The number of rotatable bonds is 3. The van der Waals surface area contributed by atoms with Crippen LogP contribution in [0.3, 0.4) is 0 Å². The van der Waals surface area contributed by atoms with E-state index in [1.54, 1.807) is 23.1 Å². The lowest BCUT2D eigenvalue weighted by Gasteiger charge is -2.22. The van der Waals surface area contributed by atoms with E-state index in [-0.39, 0.29) is 0 Å². The first kappa shape index (κ1) is 10.4. The molecule has 1 unspecified atom stereocenters. The first-order chi connectivity index (χ1) is 6.84. The Labute approximate surface area is 92.3 Å². The first-order valence-corrected chi connectivity index (χ1v) is 6.58. The van der Waals surface area contributed by atoms with Gasteiger partial charge in [0.15, 0.2) is 0 Å². The monoisotopic (exact) mass is 230 g/mol. The number of aryl methyl sites for hydroxylation is 1. The largest absolute Gasteiger partial charge is 0.375 e. The summed E-state index contributed by atoms with van der Waals surface area (Å²) >= 11 is 3.50. The van der Waals surface area contributed by atoms with Gasteiger partial charge in [0.05, 0.1) is 12.7 Å². The summed E-state index contributed by atoms with van der Waals surface area (Å²) in [4.78, 5) is 4.40. The highest BCUT2D eigenvalue weighted by atomic mass is 32.2. The van der Waals surface area contributed by atoms with Gasteiger partial charge in [-0.05, 0) is 6.92 Å². The molecule has 3 nitrogen and oxygen atoms in total. The molecule has 1 N–H and O–H groups in total. The molecule has 1 aliphatic heterocycles. The third kappa shape index (κ3) is 2.95. The number of thioether (sulfide) groups is 1. The zero-order valence-corrected chi connectivity index (χ0v) is 9.79. The molecule has 2 rings (SSSR count). The molecule has 0 spiro atoms. The van der Waals surface area contributed by atoms with Crippen LogP contribution in [0.5, 0.6) is 0 Å². The summed E-state index contributed by atoms with van der Waals surface area (Å²) in [6, 6.07) is 0. The van der Waals surface area contributed by atoms with Crippen molar-refractivity contribution in [2.24, 2.45) is 0 Å². The lowest BCUT2D eigenvalue weighted by molar-refractivity contribution is 0.0441. The van der Waals surface area contributed by atoms with Crippen molar-refractivity contribution in [1.29, 1.82) is 0 Å². The van der Waals surface area contributed by atoms with Gasteiger partial charge in [0, 0.05) is 29.9 Å². The van der Waals surface area contributed by atoms with Crippen LogP contribution in [0.15, 0.2) is 9.72 Å². The van der Waals surface area contributed by atoms with E-state index in [9.17, 15) is 0 Å². The van der Waals surface area contributed by atoms with Crippen LogP contribution in [-0.4, -0.2) is 36.5 Å². The predicted octanol–water partition coefficient (Wildman–Crippen LogP) is 1.53. The molecule has 1 atom stereocenters. The van der Waals surface area contributed by atoms with Gasteiger partial charge < -0.3 is 10.1 Å². The summed E-state index contributed by atoms with van der Waals surface area (Å²) in [5, 5.41) is 5.41. The van der Waals surface area contributed by atoms with Gasteiger partial charge in [-0.15, -0.1) is 11.3 Å². The zero-order chi connectivity index (χ0) is 9.80. The molecular weight excluding hydrogens is 216 g/mol. The third-order valence-electron chi connectivity index (χ3n) is 2.00. The normalized spacial score (nSPS) is 22.5. The first-order valence-electron chi connectivity index (χ1n) is 4.72. The van der Waals surface area contributed by atoms with Crippen LogP contribution in [0.1, 0.15) is 5.69 Å². The average Bonchev–Trinajstić information content (AvgIpc) is 2.63. The summed E-state index contributed by atoms with van der Waals surface area (Å²) in [5.74, 6) is 1.000. The minimum Gasteiger partial charge on any atom is -0.375 e. The molecule has 1 aromatic rings. The zero-order valence-electron chi connectivity index (χ0n) is 8.16. The maximum atomic E-state index is 5.60. The molecule has 1 saturated heterocycles. The van der Waals surface area contributed by atoms with Gasteiger partial charge in [-0.25, -0.2) is 4.98 Å². The number of nitrogens with zero attached hydrogens (tertiary/aromatic N) is 1. The minimum atomic E-state index is 0.345. The maximum absolute atomic E-state index is 5.60. The summed E-state index contributed by atoms with van der Waals surface area (Å²) in [6.07, 6.45) is 0.345. The lowest BCUT2D eigenvalue weighted by atomic mass is 10.3. The Balaban J connectivity index is 1.76. The van der Waals surface area contributed by atoms with Crippen molar-refractivity contribution in [2.75, 3.05) is 25.4 Å². The second-order valence-electron chi connectivity index (χ2n) is 3.26. The summed E-state index contributed by atoms with van der Waals surface area (Å²) < 4.78 is 6.75. The Kier molecular flexibility index (Phi) is 3.81. The Morgan fingerprint density at radius 1 is 1.79 bits per heavy atom. The van der Waals surface area contributed by atoms with Gasteiger partial charge in [-0.1, -0.05) is 11.8 Å². The molecule has 1 fully saturated rings. The number of hydrogen-bond donors (Lipinski definition) is 1. The van der Waals surface area contributed by atoms with Crippen molar-refractivity contribution < 1.29 is 4.74 Å². The van der Waals surface area contributed by atoms with Gasteiger partial charge in [-0.3, -0.25) is 0 Å². The highest BCUT2D eigenvalue weighted by molar-refractivity contribution is 8.01. The van der Waals surface area contributed by atoms with Crippen LogP contribution < -0.4 is 5.32 Å². The molecule has 5 heteroatoms. The number of hydrogen-bond acceptors (Lipinski definition) is 5. The fourth-order valence-electron chi connectivity index (χ4n) is 1.29. The summed E-state index contributed by atoms with van der Waals surface area (Å²) in [7, 11) is 0. The molecule has 0 radical (unpaired) electrons. The molecule has 0 aliphatic carbocycles. The highest BCUT2D eigenvalue weighted by Gasteiger charge is 2.14. The van der Waals surface area contributed by atoms with Gasteiger partial charge in [-0.2, -0.15) is 0 Å². The molecule has 1 aromatic heterocycles. The molecule has 0 aromatic carbocycles. The van der Waals surface area contributed by atoms with Crippen molar-refractivity contribution in [3.8, 4) is 0 Å². The summed E-state index contributed by atoms with van der Waals surface area (Å²) in [6.45, 7) is 4.82. The smallest absolute Gasteiger partial charge is 0.150 e. The van der Waals surface area contributed by atoms with E-state index in [1.807, 2.05) is 6.92 Å². The second-order valence-corrected chi connectivity index (χ2v) is 5.39. The standard InChI is InChI=1S/C9H14N2OS2/c1-7-5-13-9(11-7)14-6-8-4-10-2-3-12-8/h5,8,10H,2-4,6H2,1H3. The van der Waals surface area contributed by atoms with Crippen LogP contribution >= 0.6 is 23.1 Å². The molecular formula is C9H14N2OS2. The van der Waals surface area contributed by atoms with E-state index >= 15 is 0 Å². The minimum absolute atomic E-state index is 0.345. The topological polar surface area (TPSA) is 34.1 Å². The van der Waals surface area contributed by atoms with Crippen LogP contribution in [0.25, 0.3) is 0 Å². The molecule has 0 bridgehead atoms. The Morgan fingerprint density at radius 2 is 2.71 bits per heavy atom. The van der Waals surface area contributed by atoms with Gasteiger partial charge in [0.25, 0.3) is 0 Å². The lowest BCUT2D eigenvalue weighted by Crippen LogP contribution is -2.39. The number of nitrogens with one attached hydrogen (secondary N) is 1. The van der Waals surface area contributed by atoms with Crippen LogP contribution in [-0.2, 0) is 4.74 Å². The van der Waals surface area contributed by atoms with Crippen molar-refractivity contribution in [1.82, 2.24) is 10.3 Å². The average molecular weight is 230 g/mol. The third-order valence-corrected chi connectivity index (χ3v) is 4.27. The van der Waals surface area contributed by atoms with Crippen LogP contribution in [0.4, 0.5) is 0 Å². The van der Waals surface area contributed by atoms with Crippen molar-refractivity contribution >= 4 is 23.1 Å². The maximum Gasteiger partial charge on any atom is 0.150 e. The molecule has 1 aliphatic rings. The number of thiazole rings is 1. The van der Waals surface area contributed by atoms with Gasteiger partial charge in [0.2, 0.25) is 0 Å². The van der Waals surface area contributed by atoms with Crippen LogP contribution in [0.2, 0.25) is 0 Å². The number of morpholine rings is 1. The number of aromatic nitrogens is 1. The van der Waals surface area contributed by atoms with E-state index in [0.29, 0.717) is 6.10 Å². The molecule has 2 heterocycles. The quantitative estimate of drug-likeness (QED) is 0.799. The molecule has 0 saturated carbocycles. The fourth-order valence-corrected chi connectivity index (χ4v) is 3.18. The fraction of sp³-hybridized carbons (Fsp3) is 0.667. The van der Waals surface area contributed by atoms with Crippen molar-refractivity contribution in [3.63, 3.8) is 0 Å². The van der Waals surface area contributed by atoms with E-state index in [1.165, 1.54) is 0 Å². The van der Waals surface area contributed by atoms with Crippen molar-refractivity contribution in [3.05, 3.63) is 11.1 Å². The van der Waals surface area contributed by atoms with E-state index in [2.05, 4.69) is 15.7 Å². The molecule has 14 heavy (non-hydrogen) atoms. The second kappa shape index (κ2) is 5.11. The van der Waals surface area contributed by atoms with Gasteiger partial charge >= 0.3 is 0 Å². The van der Waals surface area contributed by atoms with E-state index in [4.69, 9.17) is 4.74 Å². The SMILES string of the molecule is Cc1csc(SCC2CNCCO2)n1. The Bertz CT molecular complexity index is 284. The highest BCUT2D eigenvalue weighted by Crippen LogP contribution is 2.23. The van der Waals surface area contributed by atoms with Gasteiger partial charge in [0.1, 0.15) is 4.34 Å². The summed E-state index contributed by atoms with van der Waals surface area (Å²) in [5.41, 5.74) is 1.11. The van der Waals surface area contributed by atoms with E-state index < -0.39 is 0 Å². The Morgan fingerprint density at radius 3 is 3.36 bits per heavy atom. The van der Waals surface area contributed by atoms with E-state index in [0.717, 1.165) is 35.5 Å². The molecule has 78 valence electrons. The van der Waals surface area contributed by atoms with Crippen LogP contribution in [0, 0.1) is 6.92 Å². The molecule has 0 amide bonds. The predicted molar refractivity (Wildman–Crippen MR) is 60.2 cm³/mol. The van der Waals surface area contributed by atoms with Crippen molar-refractivity contribution in [2.45, 2.75) is 17.4 Å². The Hall–Kier alpha value is -0.100.